The Morgan fingerprint density at radius 3 is 2.81 bits per heavy atom. The Kier molecular flexibility index (Phi) is 6.68. The summed E-state index contributed by atoms with van der Waals surface area (Å²) in [4.78, 5) is 20.8. The van der Waals surface area contributed by atoms with Gasteiger partial charge < -0.3 is 18.9 Å². The summed E-state index contributed by atoms with van der Waals surface area (Å²) in [5.41, 5.74) is 0.981. The van der Waals surface area contributed by atoms with Gasteiger partial charge in [0.05, 0.1) is 18.8 Å². The van der Waals surface area contributed by atoms with Gasteiger partial charge in [-0.25, -0.2) is 19.4 Å². The lowest BCUT2D eigenvalue weighted by molar-refractivity contribution is -0.174. The number of hydrogen-bond acceptors (Lipinski definition) is 10. The summed E-state index contributed by atoms with van der Waals surface area (Å²) < 4.78 is 24.8. The van der Waals surface area contributed by atoms with Crippen LogP contribution in [0, 0.1) is 0 Å². The molecule has 0 amide bonds. The Balaban J connectivity index is 1.62. The van der Waals surface area contributed by atoms with Crippen molar-refractivity contribution in [3.63, 3.8) is 0 Å². The summed E-state index contributed by atoms with van der Waals surface area (Å²) in [5.74, 6) is -0.319. The fraction of sp³-hybridized carbons (Fsp3) is 0.737. The van der Waals surface area contributed by atoms with E-state index in [1.165, 1.54) is 11.8 Å². The number of esters is 1. The number of hydrogen-bond donors (Lipinski definition) is 0. The van der Waals surface area contributed by atoms with E-state index in [4.69, 9.17) is 30.5 Å². The van der Waals surface area contributed by atoms with Crippen LogP contribution in [0.3, 0.4) is 0 Å². The third kappa shape index (κ3) is 4.65. The Morgan fingerprint density at radius 2 is 2.06 bits per heavy atom. The van der Waals surface area contributed by atoms with Crippen LogP contribution < -0.4 is 0 Å². The van der Waals surface area contributed by atoms with Gasteiger partial charge in [0.1, 0.15) is 18.8 Å². The van der Waals surface area contributed by atoms with Crippen molar-refractivity contribution < 1.29 is 23.7 Å². The maximum atomic E-state index is 11.8. The van der Waals surface area contributed by atoms with Gasteiger partial charge in [-0.1, -0.05) is 35.5 Å². The molecular formula is C19H26ClN5O5S. The highest BCUT2D eigenvalue weighted by molar-refractivity contribution is 7.99. The second-order valence-electron chi connectivity index (χ2n) is 7.87. The van der Waals surface area contributed by atoms with Gasteiger partial charge in [0.25, 0.3) is 0 Å². The molecule has 1 saturated heterocycles. The highest BCUT2D eigenvalue weighted by Crippen LogP contribution is 2.45. The Morgan fingerprint density at radius 1 is 1.29 bits per heavy atom. The summed E-state index contributed by atoms with van der Waals surface area (Å²) in [7, 11) is 0. The zero-order valence-corrected chi connectivity index (χ0v) is 19.5. The van der Waals surface area contributed by atoms with Crippen molar-refractivity contribution in [2.45, 2.75) is 75.8 Å². The molecule has 0 aromatic carbocycles. The molecule has 170 valence electrons. The normalized spacial score (nSPS) is 27.0. The molecule has 2 aromatic heterocycles. The van der Waals surface area contributed by atoms with Crippen molar-refractivity contribution in [2.24, 2.45) is 0 Å². The van der Waals surface area contributed by atoms with Crippen LogP contribution in [0.1, 0.15) is 46.6 Å². The molecule has 2 fully saturated rings. The first-order valence-electron chi connectivity index (χ1n) is 10.4. The van der Waals surface area contributed by atoms with E-state index in [-0.39, 0.29) is 36.1 Å². The minimum Gasteiger partial charge on any atom is -0.464 e. The molecule has 1 aliphatic carbocycles. The number of thioether (sulfide) groups is 1. The van der Waals surface area contributed by atoms with Crippen LogP contribution in [0.5, 0.6) is 0 Å². The molecule has 1 aliphatic heterocycles. The van der Waals surface area contributed by atoms with Crippen LogP contribution in [-0.2, 0) is 23.7 Å². The Bertz CT molecular complexity index is 957. The number of halogens is 1. The number of fused-ring (bicyclic) bond motifs is 2. The van der Waals surface area contributed by atoms with Gasteiger partial charge >= 0.3 is 5.97 Å². The van der Waals surface area contributed by atoms with Crippen LogP contribution in [0.25, 0.3) is 11.2 Å². The van der Waals surface area contributed by atoms with Crippen LogP contribution >= 0.6 is 23.4 Å². The van der Waals surface area contributed by atoms with E-state index < -0.39 is 11.8 Å². The van der Waals surface area contributed by atoms with Crippen LogP contribution in [0.2, 0.25) is 5.15 Å². The first-order valence-corrected chi connectivity index (χ1v) is 11.7. The summed E-state index contributed by atoms with van der Waals surface area (Å²) in [6.45, 7) is 7.70. The van der Waals surface area contributed by atoms with Crippen molar-refractivity contribution in [2.75, 3.05) is 19.0 Å². The van der Waals surface area contributed by atoms with Crippen LogP contribution in [0.4, 0.5) is 0 Å². The second kappa shape index (κ2) is 9.14. The molecule has 2 aliphatic rings. The SMILES string of the molecule is CCCSc1nc(Cl)c2nnn([C@@H]3C[C@H](OCC(=O)OCC)[C@H]4OC(C)(C)O[C@H]43)c2n1. The molecule has 0 unspecified atom stereocenters. The molecule has 0 radical (unpaired) electrons. The number of nitrogens with zero attached hydrogens (tertiary/aromatic N) is 5. The average Bonchev–Trinajstić information content (AvgIpc) is 3.36. The largest absolute Gasteiger partial charge is 0.464 e. The maximum Gasteiger partial charge on any atom is 0.332 e. The standard InChI is InChI=1S/C19H26ClN5O5S/c1-5-7-31-18-21-16(20)13-17(22-18)25(24-23-13)10-8-11(28-9-12(26)27-6-2)15-14(10)29-19(3,4)30-15/h10-11,14-15H,5-9H2,1-4H3/t10-,11+,14+,15-/m1/s1. The number of carbonyl (C=O) groups is 1. The molecule has 12 heteroatoms. The first kappa shape index (κ1) is 22.7. The lowest BCUT2D eigenvalue weighted by Gasteiger charge is -2.23. The van der Waals surface area contributed by atoms with E-state index in [0.717, 1.165) is 12.2 Å². The van der Waals surface area contributed by atoms with E-state index in [1.807, 2.05) is 13.8 Å². The van der Waals surface area contributed by atoms with Gasteiger partial charge in [-0.2, -0.15) is 0 Å². The number of aromatic nitrogens is 5. The van der Waals surface area contributed by atoms with E-state index in [9.17, 15) is 4.79 Å². The van der Waals surface area contributed by atoms with Gasteiger partial charge in [-0.3, -0.25) is 0 Å². The van der Waals surface area contributed by atoms with Crippen LogP contribution in [0.15, 0.2) is 5.16 Å². The minimum absolute atomic E-state index is 0.151. The molecule has 2 aromatic rings. The van der Waals surface area contributed by atoms with Gasteiger partial charge in [0, 0.05) is 12.2 Å². The molecule has 0 bridgehead atoms. The third-order valence-corrected chi connectivity index (χ3v) is 6.43. The topological polar surface area (TPSA) is 110 Å². The smallest absolute Gasteiger partial charge is 0.332 e. The van der Waals surface area contributed by atoms with Crippen molar-refractivity contribution in [3.05, 3.63) is 5.15 Å². The Hall–Kier alpha value is -1.53. The summed E-state index contributed by atoms with van der Waals surface area (Å²) >= 11 is 7.88. The zero-order chi connectivity index (χ0) is 22.2. The summed E-state index contributed by atoms with van der Waals surface area (Å²) in [6.07, 6.45) is 0.439. The maximum absolute atomic E-state index is 11.8. The van der Waals surface area contributed by atoms with Gasteiger partial charge in [-0.05, 0) is 27.2 Å². The monoisotopic (exact) mass is 471 g/mol. The lowest BCUT2D eigenvalue weighted by Crippen LogP contribution is -2.32. The van der Waals surface area contributed by atoms with E-state index in [0.29, 0.717) is 29.3 Å². The summed E-state index contributed by atoms with van der Waals surface area (Å²) in [6, 6.07) is -0.251. The molecule has 0 spiro atoms. The zero-order valence-electron chi connectivity index (χ0n) is 17.9. The minimum atomic E-state index is -0.787. The van der Waals surface area contributed by atoms with E-state index in [1.54, 1.807) is 11.6 Å². The molecule has 1 saturated carbocycles. The highest BCUT2D eigenvalue weighted by atomic mass is 35.5. The predicted molar refractivity (Wildman–Crippen MR) is 113 cm³/mol. The van der Waals surface area contributed by atoms with Gasteiger partial charge in [0.15, 0.2) is 27.3 Å². The quantitative estimate of drug-likeness (QED) is 0.246. The van der Waals surface area contributed by atoms with E-state index in [2.05, 4.69) is 27.2 Å². The fourth-order valence-electron chi connectivity index (χ4n) is 3.95. The molecule has 0 N–H and O–H groups in total. The molecular weight excluding hydrogens is 446 g/mol. The molecule has 3 heterocycles. The molecule has 31 heavy (non-hydrogen) atoms. The number of rotatable bonds is 8. The van der Waals surface area contributed by atoms with Crippen molar-refractivity contribution in [1.82, 2.24) is 25.0 Å². The predicted octanol–water partition coefficient (Wildman–Crippen LogP) is 2.79. The first-order chi connectivity index (χ1) is 14.8. The average molecular weight is 472 g/mol. The molecule has 4 rings (SSSR count). The van der Waals surface area contributed by atoms with Crippen LogP contribution in [-0.4, -0.2) is 74.0 Å². The molecule has 4 atom stereocenters. The van der Waals surface area contributed by atoms with Crippen molar-refractivity contribution in [1.29, 1.82) is 0 Å². The van der Waals surface area contributed by atoms with Crippen molar-refractivity contribution in [3.8, 4) is 0 Å². The third-order valence-electron chi connectivity index (χ3n) is 5.11. The lowest BCUT2D eigenvalue weighted by atomic mass is 10.2. The number of ether oxygens (including phenoxy) is 4. The van der Waals surface area contributed by atoms with Gasteiger partial charge in [-0.15, -0.1) is 5.10 Å². The second-order valence-corrected chi connectivity index (χ2v) is 9.29. The van der Waals surface area contributed by atoms with Crippen molar-refractivity contribution >= 4 is 40.5 Å². The Labute approximate surface area is 189 Å². The molecule has 10 nitrogen and oxygen atoms in total. The number of carbonyl (C=O) groups excluding carboxylic acids is 1. The highest BCUT2D eigenvalue weighted by Gasteiger charge is 2.56. The van der Waals surface area contributed by atoms with E-state index >= 15 is 0 Å². The van der Waals surface area contributed by atoms with Gasteiger partial charge in [0.2, 0.25) is 0 Å². The fourth-order valence-corrected chi connectivity index (χ4v) is 4.89. The summed E-state index contributed by atoms with van der Waals surface area (Å²) in [5, 5.41) is 9.36.